The van der Waals surface area contributed by atoms with Crippen molar-refractivity contribution in [2.24, 2.45) is 5.92 Å². The second-order valence-electron chi connectivity index (χ2n) is 8.57. The van der Waals surface area contributed by atoms with E-state index in [0.29, 0.717) is 25.5 Å². The summed E-state index contributed by atoms with van der Waals surface area (Å²) in [4.78, 5) is 16.6. The first-order valence-electron chi connectivity index (χ1n) is 11.2. The average molecular weight is 428 g/mol. The highest BCUT2D eigenvalue weighted by atomic mass is 16.5. The molecule has 168 valence electrons. The Bertz CT molecular complexity index is 855. The maximum absolute atomic E-state index is 12.4. The molecule has 2 fully saturated rings. The van der Waals surface area contributed by atoms with Crippen molar-refractivity contribution in [3.8, 4) is 5.75 Å². The minimum absolute atomic E-state index is 0.0421. The third-order valence-corrected chi connectivity index (χ3v) is 6.55. The standard InChI is InChI=1S/C24H33N3O4/c1-29-12-9-24(28)26-20-14-23(31-22-6-4-3-5-19(20)22)17-7-8-21(30-2)18(13-17)15-27-11-10-25-16-27/h7-8,10-11,13,16,19-20,22-23H,3-6,9,12,14-15H2,1-2H3,(H,26,28)/t19-,20+,22+,23+/m0/s1. The molecule has 4 atom stereocenters. The summed E-state index contributed by atoms with van der Waals surface area (Å²) in [5.74, 6) is 1.31. The van der Waals surface area contributed by atoms with E-state index in [2.05, 4.69) is 22.4 Å². The normalized spacial score (nSPS) is 25.6. The molecule has 1 N–H and O–H groups in total. The van der Waals surface area contributed by atoms with Gasteiger partial charge in [0.15, 0.2) is 0 Å². The second-order valence-corrected chi connectivity index (χ2v) is 8.57. The van der Waals surface area contributed by atoms with Gasteiger partial charge in [0.2, 0.25) is 5.91 Å². The van der Waals surface area contributed by atoms with E-state index in [0.717, 1.165) is 36.1 Å². The van der Waals surface area contributed by atoms with E-state index in [9.17, 15) is 4.79 Å². The maximum Gasteiger partial charge on any atom is 0.222 e. The first-order valence-corrected chi connectivity index (χ1v) is 11.2. The van der Waals surface area contributed by atoms with Crippen LogP contribution in [-0.2, 0) is 20.8 Å². The fourth-order valence-electron chi connectivity index (χ4n) is 4.98. The monoisotopic (exact) mass is 427 g/mol. The van der Waals surface area contributed by atoms with E-state index in [-0.39, 0.29) is 24.2 Å². The fourth-order valence-corrected chi connectivity index (χ4v) is 4.98. The highest BCUT2D eigenvalue weighted by Gasteiger charge is 2.41. The number of rotatable bonds is 8. The molecule has 2 heterocycles. The van der Waals surface area contributed by atoms with Crippen molar-refractivity contribution in [3.63, 3.8) is 0 Å². The van der Waals surface area contributed by atoms with Gasteiger partial charge in [-0.15, -0.1) is 0 Å². The van der Waals surface area contributed by atoms with E-state index in [4.69, 9.17) is 14.2 Å². The number of imidazole rings is 1. The molecule has 1 aliphatic carbocycles. The molecule has 1 saturated heterocycles. The summed E-state index contributed by atoms with van der Waals surface area (Å²) in [5, 5.41) is 3.29. The van der Waals surface area contributed by atoms with Gasteiger partial charge in [0.25, 0.3) is 0 Å². The van der Waals surface area contributed by atoms with E-state index in [1.165, 1.54) is 12.8 Å². The molecule has 31 heavy (non-hydrogen) atoms. The third-order valence-electron chi connectivity index (χ3n) is 6.55. The van der Waals surface area contributed by atoms with Crippen LogP contribution < -0.4 is 10.1 Å². The van der Waals surface area contributed by atoms with Crippen LogP contribution in [-0.4, -0.2) is 48.4 Å². The number of aromatic nitrogens is 2. The SMILES string of the molecule is COCCC(=O)N[C@@H]1C[C@H](c2ccc(OC)c(Cn3ccnc3)c2)O[C@@H]2CCCC[C@@H]12. The number of hydrogen-bond acceptors (Lipinski definition) is 5. The van der Waals surface area contributed by atoms with Gasteiger partial charge < -0.3 is 24.1 Å². The predicted molar refractivity (Wildman–Crippen MR) is 117 cm³/mol. The molecule has 7 nitrogen and oxygen atoms in total. The van der Waals surface area contributed by atoms with Crippen LogP contribution in [0, 0.1) is 5.92 Å². The Kier molecular flexibility index (Phi) is 7.25. The molecule has 0 spiro atoms. The van der Waals surface area contributed by atoms with E-state index in [1.807, 2.05) is 16.8 Å². The zero-order valence-electron chi connectivity index (χ0n) is 18.5. The Morgan fingerprint density at radius 3 is 2.94 bits per heavy atom. The Morgan fingerprint density at radius 2 is 2.16 bits per heavy atom. The molecule has 0 radical (unpaired) electrons. The van der Waals surface area contributed by atoms with Crippen LogP contribution in [0.1, 0.15) is 55.8 Å². The van der Waals surface area contributed by atoms with Gasteiger partial charge >= 0.3 is 0 Å². The highest BCUT2D eigenvalue weighted by Crippen LogP contribution is 2.42. The lowest BCUT2D eigenvalue weighted by molar-refractivity contribution is -0.133. The van der Waals surface area contributed by atoms with Crippen LogP contribution in [0.5, 0.6) is 5.75 Å². The summed E-state index contributed by atoms with van der Waals surface area (Å²) in [6.07, 6.45) is 11.4. The van der Waals surface area contributed by atoms with Gasteiger partial charge in [-0.3, -0.25) is 4.79 Å². The van der Waals surface area contributed by atoms with Gasteiger partial charge in [0.1, 0.15) is 5.75 Å². The number of hydrogen-bond donors (Lipinski definition) is 1. The van der Waals surface area contributed by atoms with Crippen molar-refractivity contribution in [1.29, 1.82) is 0 Å². The van der Waals surface area contributed by atoms with Crippen LogP contribution in [0.3, 0.4) is 0 Å². The lowest BCUT2D eigenvalue weighted by atomic mass is 9.76. The van der Waals surface area contributed by atoms with Crippen molar-refractivity contribution < 1.29 is 19.0 Å². The molecule has 4 rings (SSSR count). The molecule has 7 heteroatoms. The second kappa shape index (κ2) is 10.3. The lowest BCUT2D eigenvalue weighted by Gasteiger charge is -2.45. The maximum atomic E-state index is 12.4. The summed E-state index contributed by atoms with van der Waals surface area (Å²) in [6, 6.07) is 6.42. The summed E-state index contributed by atoms with van der Waals surface area (Å²) in [6.45, 7) is 1.13. The predicted octanol–water partition coefficient (Wildman–Crippen LogP) is 3.48. The zero-order chi connectivity index (χ0) is 21.6. The first-order chi connectivity index (χ1) is 15.2. The number of ether oxygens (including phenoxy) is 3. The van der Waals surface area contributed by atoms with Crippen molar-refractivity contribution in [3.05, 3.63) is 48.0 Å². The number of methoxy groups -OCH3 is 2. The Balaban J connectivity index is 1.54. The van der Waals surface area contributed by atoms with Crippen molar-refractivity contribution in [2.75, 3.05) is 20.8 Å². The first kappa shape index (κ1) is 21.8. The number of carbonyl (C=O) groups excluding carboxylic acids is 1. The summed E-state index contributed by atoms with van der Waals surface area (Å²) < 4.78 is 19.3. The van der Waals surface area contributed by atoms with Crippen LogP contribution in [0.4, 0.5) is 0 Å². The summed E-state index contributed by atoms with van der Waals surface area (Å²) in [7, 11) is 3.32. The van der Waals surface area contributed by atoms with Crippen molar-refractivity contribution >= 4 is 5.91 Å². The van der Waals surface area contributed by atoms with Crippen LogP contribution in [0.2, 0.25) is 0 Å². The molecule has 1 amide bonds. The highest BCUT2D eigenvalue weighted by molar-refractivity contribution is 5.76. The molecule has 2 aliphatic rings. The molecular weight excluding hydrogens is 394 g/mol. The van der Waals surface area contributed by atoms with Gasteiger partial charge in [-0.25, -0.2) is 4.98 Å². The van der Waals surface area contributed by atoms with Crippen LogP contribution in [0.25, 0.3) is 0 Å². The minimum atomic E-state index is -0.0421. The molecule has 1 aromatic heterocycles. The fraction of sp³-hybridized carbons (Fsp3) is 0.583. The van der Waals surface area contributed by atoms with Crippen LogP contribution >= 0.6 is 0 Å². The quantitative estimate of drug-likeness (QED) is 0.698. The van der Waals surface area contributed by atoms with E-state index < -0.39 is 0 Å². The number of nitrogens with one attached hydrogen (secondary N) is 1. The zero-order valence-corrected chi connectivity index (χ0v) is 18.5. The Morgan fingerprint density at radius 1 is 1.29 bits per heavy atom. The average Bonchev–Trinajstić information content (AvgIpc) is 3.30. The number of nitrogens with zero attached hydrogens (tertiary/aromatic N) is 2. The van der Waals surface area contributed by atoms with Gasteiger partial charge in [0.05, 0.1) is 38.8 Å². The largest absolute Gasteiger partial charge is 0.496 e. The van der Waals surface area contributed by atoms with Gasteiger partial charge in [-0.1, -0.05) is 18.9 Å². The molecule has 1 saturated carbocycles. The smallest absolute Gasteiger partial charge is 0.222 e. The topological polar surface area (TPSA) is 74.6 Å². The van der Waals surface area contributed by atoms with E-state index >= 15 is 0 Å². The molecule has 1 aromatic carbocycles. The number of amides is 1. The number of fused-ring (bicyclic) bond motifs is 1. The molecule has 1 aliphatic heterocycles. The van der Waals surface area contributed by atoms with Crippen molar-refractivity contribution in [2.45, 2.75) is 63.3 Å². The van der Waals surface area contributed by atoms with Gasteiger partial charge in [-0.05, 0) is 37.0 Å². The van der Waals surface area contributed by atoms with Gasteiger partial charge in [0, 0.05) is 43.4 Å². The lowest BCUT2D eigenvalue weighted by Crippen LogP contribution is -2.51. The molecule has 2 aromatic rings. The molecule has 0 unspecified atom stereocenters. The number of carbonyl (C=O) groups is 1. The van der Waals surface area contributed by atoms with E-state index in [1.54, 1.807) is 26.7 Å². The van der Waals surface area contributed by atoms with Crippen molar-refractivity contribution in [1.82, 2.24) is 14.9 Å². The molecular formula is C24H33N3O4. The van der Waals surface area contributed by atoms with Gasteiger partial charge in [-0.2, -0.15) is 0 Å². The third kappa shape index (κ3) is 5.28. The summed E-state index contributed by atoms with van der Waals surface area (Å²) >= 11 is 0. The van der Waals surface area contributed by atoms with Crippen LogP contribution in [0.15, 0.2) is 36.9 Å². The Labute approximate surface area is 184 Å². The molecule has 0 bridgehead atoms. The number of benzene rings is 1. The summed E-state index contributed by atoms with van der Waals surface area (Å²) in [5.41, 5.74) is 2.23. The Hall–Kier alpha value is -2.38. The minimum Gasteiger partial charge on any atom is -0.496 e.